The number of ether oxygens (including phenoxy) is 2. The number of hydrogen-bond donors (Lipinski definition) is 2. The lowest BCUT2D eigenvalue weighted by Gasteiger charge is -2.19. The topological polar surface area (TPSA) is 134 Å². The molecule has 0 saturated carbocycles. The molecule has 0 aromatic carbocycles. The van der Waals surface area contributed by atoms with Crippen molar-refractivity contribution >= 4 is 19.8 Å². The first-order valence-electron chi connectivity index (χ1n) is 36.6. The molecule has 2 atom stereocenters. The van der Waals surface area contributed by atoms with E-state index < -0.39 is 32.5 Å². The maximum absolute atomic E-state index is 12.8. The van der Waals surface area contributed by atoms with Crippen LogP contribution in [0.2, 0.25) is 0 Å². The largest absolute Gasteiger partial charge is 0.472 e. The van der Waals surface area contributed by atoms with Crippen LogP contribution >= 0.6 is 7.82 Å². The van der Waals surface area contributed by atoms with E-state index in [1.54, 1.807) is 0 Å². The number of hydrogen-bond acceptors (Lipinski definition) is 8. The highest BCUT2D eigenvalue weighted by molar-refractivity contribution is 7.47. The van der Waals surface area contributed by atoms with Crippen LogP contribution in [-0.4, -0.2) is 49.3 Å². The van der Waals surface area contributed by atoms with Crippen LogP contribution in [0.3, 0.4) is 0 Å². The van der Waals surface area contributed by atoms with Crippen LogP contribution in [0.25, 0.3) is 0 Å². The fourth-order valence-corrected chi connectivity index (χ4v) is 10.1. The lowest BCUT2D eigenvalue weighted by Crippen LogP contribution is -2.29. The number of phosphoric acid groups is 1. The van der Waals surface area contributed by atoms with E-state index in [1.807, 2.05) is 0 Å². The molecule has 0 saturated heterocycles. The van der Waals surface area contributed by atoms with Gasteiger partial charge in [-0.05, 0) is 148 Å². The summed E-state index contributed by atoms with van der Waals surface area (Å²) in [5, 5.41) is 0. The third-order valence-corrected chi connectivity index (χ3v) is 15.6. The van der Waals surface area contributed by atoms with Crippen molar-refractivity contribution in [3.63, 3.8) is 0 Å². The number of carbonyl (C=O) groups excluding carboxylic acids is 2. The van der Waals surface area contributed by atoms with E-state index in [2.05, 4.69) is 220 Å². The van der Waals surface area contributed by atoms with Crippen molar-refractivity contribution in [2.24, 2.45) is 5.73 Å². The minimum atomic E-state index is -4.42. The van der Waals surface area contributed by atoms with E-state index in [0.717, 1.165) is 154 Å². The normalized spacial score (nSPS) is 14.2. The summed E-state index contributed by atoms with van der Waals surface area (Å²) >= 11 is 0. The number of carbonyl (C=O) groups is 2. The molecule has 0 aliphatic carbocycles. The Balaban J connectivity index is 4.01. The van der Waals surface area contributed by atoms with Gasteiger partial charge in [-0.2, -0.15) is 0 Å². The van der Waals surface area contributed by atoms with Gasteiger partial charge in [-0.15, -0.1) is 0 Å². The van der Waals surface area contributed by atoms with Crippen molar-refractivity contribution in [3.05, 3.63) is 207 Å². The van der Waals surface area contributed by atoms with Gasteiger partial charge in [-0.1, -0.05) is 317 Å². The zero-order valence-corrected chi connectivity index (χ0v) is 59.5. The average Bonchev–Trinajstić information content (AvgIpc) is 3.04. The highest BCUT2D eigenvalue weighted by Gasteiger charge is 2.26. The van der Waals surface area contributed by atoms with Gasteiger partial charge in [-0.3, -0.25) is 18.6 Å². The van der Waals surface area contributed by atoms with Crippen LogP contribution in [0.1, 0.15) is 271 Å². The van der Waals surface area contributed by atoms with Gasteiger partial charge in [-0.25, -0.2) is 4.57 Å². The molecule has 0 radical (unpaired) electrons. The maximum atomic E-state index is 12.8. The molecule has 0 spiro atoms. The molecule has 0 aliphatic rings. The molecule has 2 unspecified atom stereocenters. The summed E-state index contributed by atoms with van der Waals surface area (Å²) in [6, 6.07) is 0. The molecular weight excluding hydrogens is 1170 g/mol. The highest BCUT2D eigenvalue weighted by atomic mass is 31.2. The fourth-order valence-electron chi connectivity index (χ4n) is 9.35. The smallest absolute Gasteiger partial charge is 0.462 e. The third kappa shape index (κ3) is 75.5. The van der Waals surface area contributed by atoms with Crippen LogP contribution in [-0.2, 0) is 32.7 Å². The summed E-state index contributed by atoms with van der Waals surface area (Å²) in [4.78, 5) is 35.4. The summed E-state index contributed by atoms with van der Waals surface area (Å²) in [6.45, 7) is 3.47. The van der Waals surface area contributed by atoms with Crippen LogP contribution in [0, 0.1) is 0 Å². The predicted octanol–water partition coefficient (Wildman–Crippen LogP) is 24.6. The van der Waals surface area contributed by atoms with Crippen molar-refractivity contribution < 1.29 is 37.6 Å². The van der Waals surface area contributed by atoms with Crippen molar-refractivity contribution in [2.75, 3.05) is 26.4 Å². The molecule has 0 bridgehead atoms. The van der Waals surface area contributed by atoms with Gasteiger partial charge in [0.05, 0.1) is 13.2 Å². The van der Waals surface area contributed by atoms with Crippen LogP contribution in [0.5, 0.6) is 0 Å². The Morgan fingerprint density at radius 3 is 0.839 bits per heavy atom. The average molecular weight is 1300 g/mol. The Bertz CT molecular complexity index is 2280. The second-order valence-electron chi connectivity index (χ2n) is 23.3. The first-order valence-corrected chi connectivity index (χ1v) is 38.1. The van der Waals surface area contributed by atoms with Crippen LogP contribution in [0.15, 0.2) is 207 Å². The summed E-state index contributed by atoms with van der Waals surface area (Å²) in [6.07, 6.45) is 116. The van der Waals surface area contributed by atoms with E-state index in [0.29, 0.717) is 6.42 Å². The Labute approximate surface area is 569 Å². The summed E-state index contributed by atoms with van der Waals surface area (Å²) in [5.41, 5.74) is 5.40. The summed E-state index contributed by atoms with van der Waals surface area (Å²) < 4.78 is 33.2. The standard InChI is InChI=1S/C83H132NO8P/c1-3-5-7-9-11-13-15-17-19-21-23-25-27-29-31-33-35-37-39-40-42-44-46-48-50-52-54-56-58-60-62-64-66-68-70-72-74-76-83(86)92-81(80-91-93(87,88)90-78-77-84)79-89-82(85)75-73-71-69-67-65-63-61-59-57-55-53-51-49-47-45-43-41-38-36-34-32-30-28-26-24-22-20-18-16-14-12-10-8-6-4-2/h5-8,11-14,17-20,23-26,29-32,35-38,40,42,46,48,52,54,58,60,64,66,81H,3-4,9-10,15-16,21-22,27-28,33-34,39,41,43-45,47,49-51,53,55-57,59,61-63,65,67-80,84H2,1-2H3,(H,87,88)/b7-5-,8-6-,13-11-,14-12-,19-17-,20-18-,25-23-,26-24-,31-29-,32-30-,37-35-,38-36-,42-40-,48-46-,54-52-,60-58-,66-64-. The zero-order valence-electron chi connectivity index (χ0n) is 58.6. The van der Waals surface area contributed by atoms with E-state index in [9.17, 15) is 19.0 Å². The van der Waals surface area contributed by atoms with Gasteiger partial charge < -0.3 is 20.1 Å². The van der Waals surface area contributed by atoms with Crippen molar-refractivity contribution in [3.8, 4) is 0 Å². The molecule has 10 heteroatoms. The first kappa shape index (κ1) is 87.6. The lowest BCUT2D eigenvalue weighted by atomic mass is 10.0. The van der Waals surface area contributed by atoms with Gasteiger partial charge in [0, 0.05) is 19.4 Å². The minimum Gasteiger partial charge on any atom is -0.462 e. The van der Waals surface area contributed by atoms with Crippen molar-refractivity contribution in [1.82, 2.24) is 0 Å². The number of unbranched alkanes of at least 4 members (excludes halogenated alkanes) is 19. The molecule has 0 fully saturated rings. The van der Waals surface area contributed by atoms with Crippen LogP contribution < -0.4 is 5.73 Å². The van der Waals surface area contributed by atoms with Crippen LogP contribution in [0.4, 0.5) is 0 Å². The first-order chi connectivity index (χ1) is 45.8. The molecule has 0 heterocycles. The molecule has 93 heavy (non-hydrogen) atoms. The quantitative estimate of drug-likeness (QED) is 0.0264. The van der Waals surface area contributed by atoms with Crippen molar-refractivity contribution in [1.29, 1.82) is 0 Å². The van der Waals surface area contributed by atoms with Gasteiger partial charge in [0.25, 0.3) is 0 Å². The molecule has 3 N–H and O–H groups in total. The Kier molecular flexibility index (Phi) is 71.2. The zero-order chi connectivity index (χ0) is 67.2. The SMILES string of the molecule is CC/C=C\C/C=C\C/C=C\C/C=C\C/C=C\C/C=C\C/C=C\C/C=C\C/C=C\C/C=C\C/C=C\CCCCCC(=O)OC(COC(=O)CCCCCCCCCCCCCCCCCC/C=C\C/C=C\C/C=C\C/C=C\C/C=C\C/C=C\CC)COP(=O)(O)OCCN. The molecular formula is C83H132NO8P. The Morgan fingerprint density at radius 2 is 0.559 bits per heavy atom. The number of rotatable bonds is 66. The minimum absolute atomic E-state index is 0.0377. The van der Waals surface area contributed by atoms with E-state index in [-0.39, 0.29) is 32.6 Å². The second-order valence-corrected chi connectivity index (χ2v) is 24.8. The third-order valence-electron chi connectivity index (χ3n) is 14.7. The number of esters is 2. The Morgan fingerprint density at radius 1 is 0.323 bits per heavy atom. The number of allylic oxidation sites excluding steroid dienone is 34. The molecule has 0 aliphatic heterocycles. The molecule has 0 aromatic rings. The van der Waals surface area contributed by atoms with Gasteiger partial charge in [0.2, 0.25) is 0 Å². The Hall–Kier alpha value is -5.41. The van der Waals surface area contributed by atoms with Crippen molar-refractivity contribution in [2.45, 2.75) is 277 Å². The van der Waals surface area contributed by atoms with Gasteiger partial charge in [0.1, 0.15) is 6.61 Å². The molecule has 0 amide bonds. The summed E-state index contributed by atoms with van der Waals surface area (Å²) in [5.74, 6) is -0.876. The van der Waals surface area contributed by atoms with E-state index in [4.69, 9.17) is 24.3 Å². The monoisotopic (exact) mass is 1300 g/mol. The summed E-state index contributed by atoms with van der Waals surface area (Å²) in [7, 11) is -4.42. The fraction of sp³-hybridized carbons (Fsp3) is 0.566. The molecule has 0 rings (SSSR count). The maximum Gasteiger partial charge on any atom is 0.472 e. The molecule has 0 aromatic heterocycles. The molecule has 9 nitrogen and oxygen atoms in total. The lowest BCUT2D eigenvalue weighted by molar-refractivity contribution is -0.161. The number of phosphoric ester groups is 1. The molecule has 522 valence electrons. The van der Waals surface area contributed by atoms with E-state index in [1.165, 1.54) is 83.5 Å². The van der Waals surface area contributed by atoms with E-state index >= 15 is 0 Å². The second kappa shape index (κ2) is 75.6. The highest BCUT2D eigenvalue weighted by Crippen LogP contribution is 2.43. The predicted molar refractivity (Wildman–Crippen MR) is 403 cm³/mol. The number of nitrogens with two attached hydrogens (primary N) is 1. The van der Waals surface area contributed by atoms with Gasteiger partial charge in [0.15, 0.2) is 6.10 Å². The van der Waals surface area contributed by atoms with Gasteiger partial charge >= 0.3 is 19.8 Å².